The van der Waals surface area contributed by atoms with Gasteiger partial charge in [0.15, 0.2) is 8.32 Å². The minimum atomic E-state index is -1.94. The Morgan fingerprint density at radius 3 is 1.88 bits per heavy atom. The van der Waals surface area contributed by atoms with Crippen molar-refractivity contribution >= 4 is 54.7 Å². The summed E-state index contributed by atoms with van der Waals surface area (Å²) in [5, 5.41) is -0.0921. The molecule has 7 heteroatoms. The van der Waals surface area contributed by atoms with Crippen molar-refractivity contribution in [2.75, 3.05) is 6.61 Å². The second kappa shape index (κ2) is 20.9. The fraction of sp³-hybridized carbons (Fsp3) is 0.939. The first-order chi connectivity index (χ1) is 18.9. The van der Waals surface area contributed by atoms with Gasteiger partial charge < -0.3 is 9.16 Å². The molecule has 2 nitrogen and oxygen atoms in total. The monoisotopic (exact) mass is 658 g/mol. The number of allylic oxidation sites excluding steroid dienone is 1. The molecule has 0 aromatic carbocycles. The van der Waals surface area contributed by atoms with Gasteiger partial charge >= 0.3 is 0 Å². The smallest absolute Gasteiger partial charge is 0.200 e. The van der Waals surface area contributed by atoms with Crippen LogP contribution in [0.1, 0.15) is 145 Å². The molecule has 0 aliphatic carbocycles. The van der Waals surface area contributed by atoms with Gasteiger partial charge in [-0.2, -0.15) is 0 Å². The lowest BCUT2D eigenvalue weighted by Crippen LogP contribution is -2.49. The Bertz CT molecular complexity index is 649. The van der Waals surface area contributed by atoms with Crippen LogP contribution in [0, 0.1) is 0 Å². The second-order valence-electron chi connectivity index (χ2n) is 13.1. The van der Waals surface area contributed by atoms with E-state index in [9.17, 15) is 0 Å². The van der Waals surface area contributed by atoms with Crippen LogP contribution in [0.5, 0.6) is 0 Å². The zero-order valence-electron chi connectivity index (χ0n) is 26.8. The van der Waals surface area contributed by atoms with Gasteiger partial charge in [0.2, 0.25) is 0 Å². The summed E-state index contributed by atoms with van der Waals surface area (Å²) in [4.78, 5) is 0. The molecule has 238 valence electrons. The first-order valence-electron chi connectivity index (χ1n) is 16.5. The highest BCUT2D eigenvalue weighted by molar-refractivity contribution is 6.77. The van der Waals surface area contributed by atoms with Crippen molar-refractivity contribution in [1.29, 1.82) is 0 Å². The molecule has 0 N–H and O–H groups in total. The number of rotatable bonds is 25. The van der Waals surface area contributed by atoms with E-state index in [0.29, 0.717) is 23.2 Å². The Kier molecular flexibility index (Phi) is 20.4. The Balaban J connectivity index is 2.11. The van der Waals surface area contributed by atoms with E-state index in [1.807, 2.05) is 0 Å². The van der Waals surface area contributed by atoms with Crippen LogP contribution in [0.4, 0.5) is 0 Å². The Morgan fingerprint density at radius 1 is 0.775 bits per heavy atom. The fourth-order valence-corrected chi connectivity index (χ4v) is 13.1. The molecule has 1 rings (SSSR count). The molecule has 0 saturated carbocycles. The molecule has 0 bridgehead atoms. The summed E-state index contributed by atoms with van der Waals surface area (Å²) >= 11 is 26.6. The number of hydrogen-bond acceptors (Lipinski definition) is 2. The molecule has 1 fully saturated rings. The summed E-state index contributed by atoms with van der Waals surface area (Å²) in [6.07, 6.45) is 22.4. The maximum Gasteiger partial charge on any atom is 0.200 e. The average Bonchev–Trinajstić information content (AvgIpc) is 3.65. The average molecular weight is 661 g/mol. The van der Waals surface area contributed by atoms with Crippen LogP contribution in [-0.4, -0.2) is 42.2 Å². The highest BCUT2D eigenvalue weighted by Crippen LogP contribution is 2.44. The third-order valence-electron chi connectivity index (χ3n) is 8.78. The summed E-state index contributed by atoms with van der Waals surface area (Å²) in [7, 11) is -1.94. The summed E-state index contributed by atoms with van der Waals surface area (Å²) in [6.45, 7) is 16.5. The molecule has 0 radical (unpaired) electrons. The lowest BCUT2D eigenvalue weighted by atomic mass is 10.0. The predicted molar refractivity (Wildman–Crippen MR) is 183 cm³/mol. The molecule has 1 heterocycles. The molecule has 0 spiro atoms. The van der Waals surface area contributed by atoms with Crippen LogP contribution in [-0.2, 0) is 9.16 Å². The van der Waals surface area contributed by atoms with E-state index in [2.05, 4.69) is 60.6 Å². The zero-order chi connectivity index (χ0) is 30.2. The Hall–Kier alpha value is 1.04. The summed E-state index contributed by atoms with van der Waals surface area (Å²) in [6, 6.07) is 0. The van der Waals surface area contributed by atoms with Crippen molar-refractivity contribution in [2.45, 2.75) is 189 Å². The normalized spacial score (nSPS) is 19.9. The topological polar surface area (TPSA) is 21.8 Å². The molecule has 1 aliphatic rings. The SMILES string of the molecule is CCCCCCCC[C@@H](Cl)[C@H](Cl)C1O[C@@H]1/C=C/CCCCCCCCC(Cl)(Cl)CO[Si](C(C)C)(C(C)C)C(C)C. The van der Waals surface area contributed by atoms with Crippen molar-refractivity contribution in [2.24, 2.45) is 0 Å². The zero-order valence-corrected chi connectivity index (χ0v) is 30.9. The van der Waals surface area contributed by atoms with Crippen LogP contribution in [0.25, 0.3) is 0 Å². The van der Waals surface area contributed by atoms with Gasteiger partial charge in [0, 0.05) is 0 Å². The number of alkyl halides is 4. The predicted octanol–water partition coefficient (Wildman–Crippen LogP) is 12.8. The highest BCUT2D eigenvalue weighted by atomic mass is 35.5. The minimum absolute atomic E-state index is 0.00190. The van der Waals surface area contributed by atoms with Gasteiger partial charge in [0.25, 0.3) is 0 Å². The van der Waals surface area contributed by atoms with Gasteiger partial charge in [0.05, 0.1) is 17.4 Å². The summed E-state index contributed by atoms with van der Waals surface area (Å²) < 4.78 is 11.7. The largest absolute Gasteiger partial charge is 0.413 e. The lowest BCUT2D eigenvalue weighted by molar-refractivity contribution is 0.258. The van der Waals surface area contributed by atoms with Gasteiger partial charge in [-0.1, -0.05) is 154 Å². The van der Waals surface area contributed by atoms with Crippen LogP contribution >= 0.6 is 46.4 Å². The van der Waals surface area contributed by atoms with Crippen molar-refractivity contribution in [3.05, 3.63) is 12.2 Å². The molecule has 4 atom stereocenters. The minimum Gasteiger partial charge on any atom is -0.413 e. The third kappa shape index (κ3) is 14.7. The molecular weight excluding hydrogens is 598 g/mol. The lowest BCUT2D eigenvalue weighted by Gasteiger charge is -2.43. The van der Waals surface area contributed by atoms with Crippen molar-refractivity contribution in [3.8, 4) is 0 Å². The molecule has 1 unspecified atom stereocenters. The molecule has 0 aromatic heterocycles. The molecule has 40 heavy (non-hydrogen) atoms. The van der Waals surface area contributed by atoms with Gasteiger partial charge in [-0.3, -0.25) is 0 Å². The van der Waals surface area contributed by atoms with Crippen LogP contribution in [0.2, 0.25) is 16.6 Å². The van der Waals surface area contributed by atoms with Gasteiger partial charge in [-0.15, -0.1) is 23.2 Å². The van der Waals surface area contributed by atoms with Gasteiger partial charge in [-0.25, -0.2) is 0 Å². The molecular formula is C33H62Cl4O2Si. The van der Waals surface area contributed by atoms with E-state index in [4.69, 9.17) is 55.6 Å². The van der Waals surface area contributed by atoms with Gasteiger partial charge in [0.1, 0.15) is 16.5 Å². The maximum absolute atomic E-state index is 6.70. The number of epoxide rings is 1. The fourth-order valence-electron chi connectivity index (χ4n) is 6.42. The van der Waals surface area contributed by atoms with Crippen LogP contribution in [0.3, 0.4) is 0 Å². The standard InChI is InChI=1S/C33H62Cl4O2Si/c1-8-9-10-11-16-19-22-29(34)31(35)32-30(39-32)23-20-17-14-12-13-15-18-21-24-33(36,37)25-38-40(26(2)3,27(4)5)28(6)7/h20,23,26-32H,8-19,21-22,24-25H2,1-7H3/b23-20+/t29-,30-,31+,32?/m1/s1. The third-order valence-corrected chi connectivity index (χ3v) is 16.6. The number of halogens is 4. The van der Waals surface area contributed by atoms with E-state index in [1.54, 1.807) is 0 Å². The Labute approximate surface area is 270 Å². The van der Waals surface area contributed by atoms with E-state index in [0.717, 1.165) is 32.1 Å². The highest BCUT2D eigenvalue weighted by Gasteiger charge is 2.46. The van der Waals surface area contributed by atoms with E-state index >= 15 is 0 Å². The van der Waals surface area contributed by atoms with Crippen molar-refractivity contribution in [3.63, 3.8) is 0 Å². The van der Waals surface area contributed by atoms with E-state index in [-0.39, 0.29) is 23.0 Å². The number of unbranched alkanes of at least 4 members (excludes halogenated alkanes) is 11. The van der Waals surface area contributed by atoms with Crippen LogP contribution < -0.4 is 0 Å². The van der Waals surface area contributed by atoms with Crippen molar-refractivity contribution in [1.82, 2.24) is 0 Å². The summed E-state index contributed by atoms with van der Waals surface area (Å²) in [5.74, 6) is 0. The van der Waals surface area contributed by atoms with Crippen molar-refractivity contribution < 1.29 is 9.16 Å². The number of ether oxygens (including phenoxy) is 1. The quantitative estimate of drug-likeness (QED) is 0.0320. The first-order valence-corrected chi connectivity index (χ1v) is 20.3. The number of hydrogen-bond donors (Lipinski definition) is 0. The van der Waals surface area contributed by atoms with E-state index in [1.165, 1.54) is 64.2 Å². The van der Waals surface area contributed by atoms with E-state index < -0.39 is 12.7 Å². The first kappa shape index (κ1) is 39.1. The molecule has 1 aliphatic heterocycles. The maximum atomic E-state index is 6.70. The molecule has 0 aromatic rings. The molecule has 1 saturated heterocycles. The second-order valence-corrected chi connectivity index (χ2v) is 21.3. The van der Waals surface area contributed by atoms with Gasteiger partial charge in [-0.05, 0) is 42.3 Å². The Morgan fingerprint density at radius 2 is 1.30 bits per heavy atom. The van der Waals surface area contributed by atoms with Crippen LogP contribution in [0.15, 0.2) is 12.2 Å². The summed E-state index contributed by atoms with van der Waals surface area (Å²) in [5.41, 5.74) is 1.62. The molecule has 0 amide bonds.